The number of fused-ring (bicyclic) bond motifs is 1. The average Bonchev–Trinajstić information content (AvgIpc) is 2.15. The van der Waals surface area contributed by atoms with Crippen LogP contribution in [0.25, 0.3) is 0 Å². The molecule has 70 valence electrons. The van der Waals surface area contributed by atoms with Crippen LogP contribution in [0, 0.1) is 20.8 Å². The second kappa shape index (κ2) is 2.95. The number of hydrogen-bond donors (Lipinski definition) is 2. The summed E-state index contributed by atoms with van der Waals surface area (Å²) in [5.41, 5.74) is 6.66. The highest BCUT2D eigenvalue weighted by atomic mass is 15.0. The third kappa shape index (κ3) is 1.26. The van der Waals surface area contributed by atoms with Gasteiger partial charge in [-0.1, -0.05) is 6.07 Å². The van der Waals surface area contributed by atoms with Crippen LogP contribution in [-0.4, -0.2) is 13.1 Å². The third-order valence-electron chi connectivity index (χ3n) is 2.77. The zero-order valence-electron chi connectivity index (χ0n) is 8.49. The topological polar surface area (TPSA) is 24.1 Å². The summed E-state index contributed by atoms with van der Waals surface area (Å²) in [5, 5.41) is 6.89. The number of rotatable bonds is 0. The van der Waals surface area contributed by atoms with E-state index >= 15 is 0 Å². The van der Waals surface area contributed by atoms with E-state index in [0.29, 0.717) is 0 Å². The van der Waals surface area contributed by atoms with Crippen LogP contribution in [0.2, 0.25) is 0 Å². The summed E-state index contributed by atoms with van der Waals surface area (Å²) in [5.74, 6) is 0. The molecule has 0 bridgehead atoms. The molecule has 0 aliphatic carbocycles. The molecule has 13 heavy (non-hydrogen) atoms. The van der Waals surface area contributed by atoms with E-state index in [4.69, 9.17) is 0 Å². The van der Waals surface area contributed by atoms with Crippen LogP contribution in [0.1, 0.15) is 16.7 Å². The quantitative estimate of drug-likeness (QED) is 0.634. The molecule has 0 atom stereocenters. The molecular weight excluding hydrogens is 160 g/mol. The van der Waals surface area contributed by atoms with Gasteiger partial charge in [0.15, 0.2) is 0 Å². The lowest BCUT2D eigenvalue weighted by atomic mass is 10.0. The second-order valence-electron chi connectivity index (χ2n) is 3.74. The Morgan fingerprint density at radius 3 is 2.23 bits per heavy atom. The highest BCUT2D eigenvalue weighted by molar-refractivity contribution is 5.78. The fourth-order valence-electron chi connectivity index (χ4n) is 1.91. The standard InChI is InChI=1S/C11H16N2/c1-7-6-8(2)10-11(9(7)3)13-5-4-12-10/h6,12-13H,4-5H2,1-3H3. The van der Waals surface area contributed by atoms with Crippen LogP contribution in [0.3, 0.4) is 0 Å². The van der Waals surface area contributed by atoms with Gasteiger partial charge in [-0.15, -0.1) is 0 Å². The molecule has 1 aliphatic heterocycles. The molecule has 0 fully saturated rings. The largest absolute Gasteiger partial charge is 0.381 e. The van der Waals surface area contributed by atoms with E-state index < -0.39 is 0 Å². The van der Waals surface area contributed by atoms with Gasteiger partial charge in [-0.25, -0.2) is 0 Å². The Balaban J connectivity index is 2.63. The molecule has 0 aromatic heterocycles. The summed E-state index contributed by atoms with van der Waals surface area (Å²) in [6.07, 6.45) is 0. The van der Waals surface area contributed by atoms with Gasteiger partial charge in [0, 0.05) is 13.1 Å². The Hall–Kier alpha value is -1.18. The first-order valence-corrected chi connectivity index (χ1v) is 4.78. The molecule has 1 aromatic carbocycles. The van der Waals surface area contributed by atoms with Gasteiger partial charge in [0.25, 0.3) is 0 Å². The normalized spacial score (nSPS) is 14.4. The van der Waals surface area contributed by atoms with E-state index in [9.17, 15) is 0 Å². The summed E-state index contributed by atoms with van der Waals surface area (Å²) in [6, 6.07) is 2.24. The summed E-state index contributed by atoms with van der Waals surface area (Å²) in [7, 11) is 0. The summed E-state index contributed by atoms with van der Waals surface area (Å²) in [6.45, 7) is 8.55. The summed E-state index contributed by atoms with van der Waals surface area (Å²) < 4.78 is 0. The van der Waals surface area contributed by atoms with Crippen LogP contribution in [0.5, 0.6) is 0 Å². The van der Waals surface area contributed by atoms with Crippen molar-refractivity contribution in [3.8, 4) is 0 Å². The van der Waals surface area contributed by atoms with Crippen molar-refractivity contribution in [3.05, 3.63) is 22.8 Å². The predicted octanol–water partition coefficient (Wildman–Crippen LogP) is 2.45. The monoisotopic (exact) mass is 176 g/mol. The zero-order chi connectivity index (χ0) is 9.42. The number of anilines is 2. The highest BCUT2D eigenvalue weighted by Gasteiger charge is 2.13. The molecule has 0 amide bonds. The lowest BCUT2D eigenvalue weighted by Crippen LogP contribution is -2.22. The van der Waals surface area contributed by atoms with Crippen molar-refractivity contribution in [1.29, 1.82) is 0 Å². The van der Waals surface area contributed by atoms with Gasteiger partial charge in [0.05, 0.1) is 11.4 Å². The number of hydrogen-bond acceptors (Lipinski definition) is 2. The first-order valence-electron chi connectivity index (χ1n) is 4.78. The van der Waals surface area contributed by atoms with Gasteiger partial charge in [-0.3, -0.25) is 0 Å². The van der Waals surface area contributed by atoms with Gasteiger partial charge < -0.3 is 10.6 Å². The van der Waals surface area contributed by atoms with Crippen molar-refractivity contribution in [1.82, 2.24) is 0 Å². The lowest BCUT2D eigenvalue weighted by Gasteiger charge is -2.24. The van der Waals surface area contributed by atoms with E-state index in [1.165, 1.54) is 28.1 Å². The maximum atomic E-state index is 3.45. The molecule has 1 aromatic rings. The van der Waals surface area contributed by atoms with E-state index in [0.717, 1.165) is 13.1 Å². The minimum atomic E-state index is 1.02. The SMILES string of the molecule is Cc1cc(C)c2c(c1C)NCCN2. The van der Waals surface area contributed by atoms with Gasteiger partial charge >= 0.3 is 0 Å². The molecule has 1 heterocycles. The molecule has 0 saturated carbocycles. The van der Waals surface area contributed by atoms with Gasteiger partial charge in [-0.2, -0.15) is 0 Å². The summed E-state index contributed by atoms with van der Waals surface area (Å²) >= 11 is 0. The average molecular weight is 176 g/mol. The van der Waals surface area contributed by atoms with Crippen LogP contribution in [0.15, 0.2) is 6.07 Å². The van der Waals surface area contributed by atoms with Crippen molar-refractivity contribution < 1.29 is 0 Å². The Morgan fingerprint density at radius 2 is 1.54 bits per heavy atom. The molecule has 2 rings (SSSR count). The zero-order valence-corrected chi connectivity index (χ0v) is 8.49. The second-order valence-corrected chi connectivity index (χ2v) is 3.74. The Bertz CT molecular complexity index is 342. The first kappa shape index (κ1) is 8.42. The van der Waals surface area contributed by atoms with Crippen molar-refractivity contribution in [2.24, 2.45) is 0 Å². The maximum absolute atomic E-state index is 3.45. The Kier molecular flexibility index (Phi) is 1.91. The minimum Gasteiger partial charge on any atom is -0.381 e. The molecule has 0 unspecified atom stereocenters. The van der Waals surface area contributed by atoms with Crippen molar-refractivity contribution in [2.45, 2.75) is 20.8 Å². The fraction of sp³-hybridized carbons (Fsp3) is 0.455. The van der Waals surface area contributed by atoms with Gasteiger partial charge in [0.2, 0.25) is 0 Å². The van der Waals surface area contributed by atoms with Crippen LogP contribution in [0.4, 0.5) is 11.4 Å². The molecule has 2 nitrogen and oxygen atoms in total. The third-order valence-corrected chi connectivity index (χ3v) is 2.77. The smallest absolute Gasteiger partial charge is 0.0611 e. The van der Waals surface area contributed by atoms with Crippen molar-refractivity contribution >= 4 is 11.4 Å². The number of nitrogens with one attached hydrogen (secondary N) is 2. The first-order chi connectivity index (χ1) is 6.20. The van der Waals surface area contributed by atoms with Crippen LogP contribution in [-0.2, 0) is 0 Å². The number of benzene rings is 1. The molecule has 2 heteroatoms. The van der Waals surface area contributed by atoms with Gasteiger partial charge in [-0.05, 0) is 37.5 Å². The molecule has 0 radical (unpaired) electrons. The Morgan fingerprint density at radius 1 is 0.923 bits per heavy atom. The van der Waals surface area contributed by atoms with E-state index in [-0.39, 0.29) is 0 Å². The van der Waals surface area contributed by atoms with Crippen molar-refractivity contribution in [3.63, 3.8) is 0 Å². The van der Waals surface area contributed by atoms with Crippen molar-refractivity contribution in [2.75, 3.05) is 23.7 Å². The lowest BCUT2D eigenvalue weighted by molar-refractivity contribution is 1.03. The molecule has 0 saturated heterocycles. The predicted molar refractivity (Wildman–Crippen MR) is 57.6 cm³/mol. The van der Waals surface area contributed by atoms with Gasteiger partial charge in [0.1, 0.15) is 0 Å². The molecular formula is C11H16N2. The van der Waals surface area contributed by atoms with E-state index in [1.807, 2.05) is 0 Å². The Labute approximate surface area is 79.4 Å². The van der Waals surface area contributed by atoms with E-state index in [1.54, 1.807) is 0 Å². The number of aryl methyl sites for hydroxylation is 2. The minimum absolute atomic E-state index is 1.02. The van der Waals surface area contributed by atoms with Crippen LogP contribution >= 0.6 is 0 Å². The molecule has 2 N–H and O–H groups in total. The van der Waals surface area contributed by atoms with Crippen LogP contribution < -0.4 is 10.6 Å². The molecule has 1 aliphatic rings. The summed E-state index contributed by atoms with van der Waals surface area (Å²) in [4.78, 5) is 0. The fourth-order valence-corrected chi connectivity index (χ4v) is 1.91. The van der Waals surface area contributed by atoms with E-state index in [2.05, 4.69) is 37.5 Å². The highest BCUT2D eigenvalue weighted by Crippen LogP contribution is 2.33. The molecule has 0 spiro atoms. The maximum Gasteiger partial charge on any atom is 0.0611 e.